The predicted molar refractivity (Wildman–Crippen MR) is 86.8 cm³/mol. The van der Waals surface area contributed by atoms with E-state index in [0.29, 0.717) is 23.7 Å². The van der Waals surface area contributed by atoms with E-state index in [1.165, 1.54) is 0 Å². The van der Waals surface area contributed by atoms with Gasteiger partial charge in [0.1, 0.15) is 11.5 Å². The van der Waals surface area contributed by atoms with Gasteiger partial charge in [-0.3, -0.25) is 9.80 Å². The Hall–Kier alpha value is -2.47. The van der Waals surface area contributed by atoms with Gasteiger partial charge in [0.15, 0.2) is 5.69 Å². The molecule has 0 radical (unpaired) electrons. The maximum Gasteiger partial charge on any atom is 0.292 e. The Bertz CT molecular complexity index is 914. The largest absolute Gasteiger partial charge is 0.464 e. The molecule has 0 aromatic carbocycles. The van der Waals surface area contributed by atoms with E-state index in [2.05, 4.69) is 5.10 Å². The van der Waals surface area contributed by atoms with Crippen molar-refractivity contribution in [1.29, 1.82) is 0 Å². The number of hydrazine groups is 1. The molecular formula is C16H15ClN4O2. The quantitative estimate of drug-likeness (QED) is 0.688. The van der Waals surface area contributed by atoms with Crippen LogP contribution in [-0.4, -0.2) is 34.1 Å². The normalized spacial score (nSPS) is 14.4. The molecule has 0 aliphatic carbocycles. The third kappa shape index (κ3) is 2.26. The second-order valence-electron chi connectivity index (χ2n) is 5.61. The predicted octanol–water partition coefficient (Wildman–Crippen LogP) is 2.94. The Morgan fingerprint density at radius 3 is 3.00 bits per heavy atom. The fourth-order valence-corrected chi connectivity index (χ4v) is 3.08. The number of aryl methyl sites for hydroxylation is 1. The Kier molecular flexibility index (Phi) is 3.09. The Balaban J connectivity index is 1.68. The number of carbonyl (C=O) groups is 1. The van der Waals surface area contributed by atoms with Gasteiger partial charge in [0, 0.05) is 25.7 Å². The van der Waals surface area contributed by atoms with Crippen LogP contribution in [0.3, 0.4) is 0 Å². The number of fused-ring (bicyclic) bond motifs is 2. The van der Waals surface area contributed by atoms with Crippen molar-refractivity contribution in [2.45, 2.75) is 13.3 Å². The number of rotatable bonds is 1. The zero-order valence-electron chi connectivity index (χ0n) is 12.8. The molecule has 0 fully saturated rings. The highest BCUT2D eigenvalue weighted by Crippen LogP contribution is 2.30. The molecule has 3 aromatic rings. The highest BCUT2D eigenvalue weighted by atomic mass is 35.5. The average molecular weight is 331 g/mol. The summed E-state index contributed by atoms with van der Waals surface area (Å²) in [4.78, 5) is 12.8. The van der Waals surface area contributed by atoms with Gasteiger partial charge < -0.3 is 4.42 Å². The van der Waals surface area contributed by atoms with Crippen LogP contribution >= 0.6 is 11.6 Å². The van der Waals surface area contributed by atoms with Crippen LogP contribution < -0.4 is 5.01 Å². The third-order valence-electron chi connectivity index (χ3n) is 4.05. The molecule has 23 heavy (non-hydrogen) atoms. The van der Waals surface area contributed by atoms with Crippen LogP contribution in [0.25, 0.3) is 5.52 Å². The number of hydrogen-bond acceptors (Lipinski definition) is 4. The summed E-state index contributed by atoms with van der Waals surface area (Å²) in [6.07, 6.45) is 2.38. The van der Waals surface area contributed by atoms with Crippen LogP contribution in [0.4, 0.5) is 5.69 Å². The molecule has 7 heteroatoms. The summed E-state index contributed by atoms with van der Waals surface area (Å²) in [5, 5.41) is 8.42. The van der Waals surface area contributed by atoms with Gasteiger partial charge in [0.2, 0.25) is 0 Å². The van der Waals surface area contributed by atoms with Gasteiger partial charge in [-0.2, -0.15) is 5.10 Å². The summed E-state index contributed by atoms with van der Waals surface area (Å²) in [6, 6.07) is 7.32. The van der Waals surface area contributed by atoms with E-state index in [0.717, 1.165) is 22.7 Å². The molecule has 4 rings (SSSR count). The third-order valence-corrected chi connectivity index (χ3v) is 4.27. The molecule has 1 aliphatic heterocycles. The molecule has 1 amide bonds. The number of aromatic nitrogens is 2. The zero-order valence-corrected chi connectivity index (χ0v) is 13.5. The molecule has 0 atom stereocenters. The lowest BCUT2D eigenvalue weighted by molar-refractivity contribution is 0.0728. The molecule has 4 heterocycles. The standard InChI is InChI=1S/C16H15ClN4O2/c1-10-7-14-15(23-10)5-6-21(19(14)2)16(22)13-8-12-4-3-11(17)9-20(12)18-13/h3-4,7-9H,5-6H2,1-2H3. The number of hydrogen-bond donors (Lipinski definition) is 0. The maximum atomic E-state index is 12.8. The number of pyridine rings is 1. The second kappa shape index (κ2) is 5.03. The van der Waals surface area contributed by atoms with Gasteiger partial charge in [-0.25, -0.2) is 9.52 Å². The summed E-state index contributed by atoms with van der Waals surface area (Å²) >= 11 is 5.96. The molecule has 0 spiro atoms. The monoisotopic (exact) mass is 330 g/mol. The van der Waals surface area contributed by atoms with Crippen molar-refractivity contribution in [3.05, 3.63) is 52.7 Å². The molecule has 6 nitrogen and oxygen atoms in total. The van der Waals surface area contributed by atoms with Gasteiger partial charge in [0.25, 0.3) is 5.91 Å². The lowest BCUT2D eigenvalue weighted by atomic mass is 10.2. The molecular weight excluding hydrogens is 316 g/mol. The van der Waals surface area contributed by atoms with E-state index in [1.54, 1.807) is 27.9 Å². The highest BCUT2D eigenvalue weighted by Gasteiger charge is 2.30. The Morgan fingerprint density at radius 2 is 2.17 bits per heavy atom. The molecule has 3 aromatic heterocycles. The number of carbonyl (C=O) groups excluding carboxylic acids is 1. The van der Waals surface area contributed by atoms with Crippen molar-refractivity contribution in [3.8, 4) is 0 Å². The number of furan rings is 1. The molecule has 1 aliphatic rings. The van der Waals surface area contributed by atoms with Gasteiger partial charge in [-0.1, -0.05) is 11.6 Å². The smallest absolute Gasteiger partial charge is 0.292 e. The SMILES string of the molecule is Cc1cc2c(o1)CCN(C(=O)c1cc3ccc(Cl)cn3n1)N2C. The Morgan fingerprint density at radius 1 is 1.35 bits per heavy atom. The molecule has 0 bridgehead atoms. The summed E-state index contributed by atoms with van der Waals surface area (Å²) in [7, 11) is 1.86. The summed E-state index contributed by atoms with van der Waals surface area (Å²) in [5.41, 5.74) is 2.15. The van der Waals surface area contributed by atoms with E-state index in [4.69, 9.17) is 16.0 Å². The van der Waals surface area contributed by atoms with E-state index in [1.807, 2.05) is 31.1 Å². The minimum atomic E-state index is -0.142. The lowest BCUT2D eigenvalue weighted by Gasteiger charge is -2.35. The first-order valence-corrected chi connectivity index (χ1v) is 7.70. The zero-order chi connectivity index (χ0) is 16.1. The first-order chi connectivity index (χ1) is 11.0. The highest BCUT2D eigenvalue weighted by molar-refractivity contribution is 6.30. The fourth-order valence-electron chi connectivity index (χ4n) is 2.93. The maximum absolute atomic E-state index is 12.8. The molecule has 0 N–H and O–H groups in total. The molecule has 0 saturated heterocycles. The van der Waals surface area contributed by atoms with Crippen LogP contribution in [0, 0.1) is 6.92 Å². The minimum Gasteiger partial charge on any atom is -0.464 e. The van der Waals surface area contributed by atoms with Gasteiger partial charge in [-0.15, -0.1) is 0 Å². The number of amides is 1. The van der Waals surface area contributed by atoms with E-state index >= 15 is 0 Å². The first-order valence-electron chi connectivity index (χ1n) is 7.33. The van der Waals surface area contributed by atoms with Gasteiger partial charge >= 0.3 is 0 Å². The van der Waals surface area contributed by atoms with E-state index < -0.39 is 0 Å². The molecule has 0 unspecified atom stereocenters. The summed E-state index contributed by atoms with van der Waals surface area (Å²) < 4.78 is 7.28. The van der Waals surface area contributed by atoms with Crippen molar-refractivity contribution in [2.75, 3.05) is 18.6 Å². The van der Waals surface area contributed by atoms with Crippen LogP contribution in [-0.2, 0) is 6.42 Å². The number of anilines is 1. The van der Waals surface area contributed by atoms with Crippen LogP contribution in [0.5, 0.6) is 0 Å². The topological polar surface area (TPSA) is 54.0 Å². The summed E-state index contributed by atoms with van der Waals surface area (Å²) in [5.74, 6) is 1.62. The van der Waals surface area contributed by atoms with Crippen molar-refractivity contribution < 1.29 is 9.21 Å². The lowest BCUT2D eigenvalue weighted by Crippen LogP contribution is -2.48. The van der Waals surface area contributed by atoms with Gasteiger partial charge in [-0.05, 0) is 25.1 Å². The van der Waals surface area contributed by atoms with Crippen molar-refractivity contribution in [3.63, 3.8) is 0 Å². The molecule has 118 valence electrons. The van der Waals surface area contributed by atoms with Crippen LogP contribution in [0.2, 0.25) is 5.02 Å². The van der Waals surface area contributed by atoms with Crippen molar-refractivity contribution in [1.82, 2.24) is 14.6 Å². The van der Waals surface area contributed by atoms with E-state index in [-0.39, 0.29) is 5.91 Å². The minimum absolute atomic E-state index is 0.142. The van der Waals surface area contributed by atoms with Crippen LogP contribution in [0.1, 0.15) is 22.0 Å². The van der Waals surface area contributed by atoms with Crippen molar-refractivity contribution in [2.24, 2.45) is 0 Å². The number of nitrogens with zero attached hydrogens (tertiary/aromatic N) is 4. The second-order valence-corrected chi connectivity index (χ2v) is 6.05. The average Bonchev–Trinajstić information content (AvgIpc) is 3.09. The fraction of sp³-hybridized carbons (Fsp3) is 0.250. The van der Waals surface area contributed by atoms with E-state index in [9.17, 15) is 4.79 Å². The summed E-state index contributed by atoms with van der Waals surface area (Å²) in [6.45, 7) is 2.47. The van der Waals surface area contributed by atoms with Gasteiger partial charge in [0.05, 0.1) is 22.8 Å². The number of halogens is 1. The molecule has 0 saturated carbocycles. The van der Waals surface area contributed by atoms with Crippen molar-refractivity contribution >= 4 is 28.7 Å². The van der Waals surface area contributed by atoms with Crippen LogP contribution in [0.15, 0.2) is 34.9 Å². The Labute approximate surface area is 137 Å². The first kappa shape index (κ1) is 14.1.